The van der Waals surface area contributed by atoms with Crippen molar-refractivity contribution in [1.29, 1.82) is 0 Å². The lowest BCUT2D eigenvalue weighted by atomic mass is 9.84. The fourth-order valence-corrected chi connectivity index (χ4v) is 4.53. The SMILES string of the molecule is O=C(CS(=O)(=O)c1ccc(Cl)cc1)Nc1ccc2c(c1)C(=O)c1ccccc1C2=O. The Morgan fingerprint density at radius 3 is 2.00 bits per heavy atom. The summed E-state index contributed by atoms with van der Waals surface area (Å²) in [5.74, 6) is -2.14. The first kappa shape index (κ1) is 20.0. The summed E-state index contributed by atoms with van der Waals surface area (Å²) in [5, 5.41) is 2.86. The van der Waals surface area contributed by atoms with Crippen LogP contribution in [0.5, 0.6) is 0 Å². The molecule has 0 atom stereocenters. The second-order valence-electron chi connectivity index (χ2n) is 6.73. The molecule has 1 N–H and O–H groups in total. The van der Waals surface area contributed by atoms with Gasteiger partial charge in [0.15, 0.2) is 21.4 Å². The zero-order chi connectivity index (χ0) is 21.5. The van der Waals surface area contributed by atoms with Crippen LogP contribution in [0.1, 0.15) is 31.8 Å². The Morgan fingerprint density at radius 2 is 1.37 bits per heavy atom. The van der Waals surface area contributed by atoms with Crippen LogP contribution in [0.3, 0.4) is 0 Å². The van der Waals surface area contributed by atoms with Crippen molar-refractivity contribution in [2.24, 2.45) is 0 Å². The molecule has 30 heavy (non-hydrogen) atoms. The number of nitrogens with one attached hydrogen (secondary N) is 1. The predicted octanol–water partition coefficient (Wildman–Crippen LogP) is 3.53. The molecule has 0 unspecified atom stereocenters. The highest BCUT2D eigenvalue weighted by Crippen LogP contribution is 2.29. The van der Waals surface area contributed by atoms with Crippen LogP contribution in [0.25, 0.3) is 0 Å². The Morgan fingerprint density at radius 1 is 0.800 bits per heavy atom. The van der Waals surface area contributed by atoms with Crippen LogP contribution in [0.15, 0.2) is 71.6 Å². The number of hydrogen-bond donors (Lipinski definition) is 1. The average Bonchev–Trinajstić information content (AvgIpc) is 2.72. The standard InChI is InChI=1S/C22H14ClNO5S/c23-13-5-8-15(9-6-13)30(28,29)12-20(25)24-14-7-10-18-19(11-14)22(27)17-4-2-1-3-16(17)21(18)26/h1-11H,12H2,(H,24,25). The molecule has 0 aliphatic heterocycles. The van der Waals surface area contributed by atoms with E-state index in [1.165, 1.54) is 42.5 Å². The normalized spacial score (nSPS) is 12.8. The first-order chi connectivity index (χ1) is 14.3. The maximum absolute atomic E-state index is 12.8. The lowest BCUT2D eigenvalue weighted by Gasteiger charge is -2.18. The van der Waals surface area contributed by atoms with Crippen LogP contribution in [0.4, 0.5) is 5.69 Å². The van der Waals surface area contributed by atoms with Crippen LogP contribution < -0.4 is 5.32 Å². The molecule has 1 amide bonds. The van der Waals surface area contributed by atoms with Gasteiger partial charge in [0.05, 0.1) is 4.90 Å². The van der Waals surface area contributed by atoms with Crippen molar-refractivity contribution in [2.75, 3.05) is 11.1 Å². The topological polar surface area (TPSA) is 97.4 Å². The van der Waals surface area contributed by atoms with Crippen molar-refractivity contribution in [3.05, 3.63) is 94.0 Å². The number of amides is 1. The second-order valence-corrected chi connectivity index (χ2v) is 9.15. The fraction of sp³-hybridized carbons (Fsp3) is 0.0455. The van der Waals surface area contributed by atoms with Crippen LogP contribution in [-0.2, 0) is 14.6 Å². The van der Waals surface area contributed by atoms with Gasteiger partial charge in [-0.3, -0.25) is 14.4 Å². The molecule has 1 aliphatic carbocycles. The van der Waals surface area contributed by atoms with Gasteiger partial charge in [-0.15, -0.1) is 0 Å². The number of rotatable bonds is 4. The van der Waals surface area contributed by atoms with E-state index < -0.39 is 21.5 Å². The van der Waals surface area contributed by atoms with E-state index in [0.717, 1.165) is 0 Å². The Balaban J connectivity index is 1.56. The summed E-state index contributed by atoms with van der Waals surface area (Å²) in [4.78, 5) is 37.7. The van der Waals surface area contributed by atoms with Gasteiger partial charge in [-0.25, -0.2) is 8.42 Å². The first-order valence-corrected chi connectivity index (χ1v) is 10.9. The van der Waals surface area contributed by atoms with E-state index in [0.29, 0.717) is 16.1 Å². The summed E-state index contributed by atoms with van der Waals surface area (Å²) in [6.45, 7) is 0. The summed E-state index contributed by atoms with van der Waals surface area (Å²) >= 11 is 5.76. The molecule has 0 spiro atoms. The van der Waals surface area contributed by atoms with Crippen molar-refractivity contribution in [3.8, 4) is 0 Å². The van der Waals surface area contributed by atoms with Crippen molar-refractivity contribution in [3.63, 3.8) is 0 Å². The monoisotopic (exact) mass is 439 g/mol. The van der Waals surface area contributed by atoms with E-state index in [1.807, 2.05) is 0 Å². The molecule has 6 nitrogen and oxygen atoms in total. The molecule has 0 fully saturated rings. The molecule has 3 aromatic carbocycles. The van der Waals surface area contributed by atoms with Crippen LogP contribution >= 0.6 is 11.6 Å². The molecule has 0 heterocycles. The van der Waals surface area contributed by atoms with Gasteiger partial charge in [0.25, 0.3) is 0 Å². The van der Waals surface area contributed by atoms with Crippen molar-refractivity contribution in [1.82, 2.24) is 0 Å². The van der Waals surface area contributed by atoms with Crippen molar-refractivity contribution >= 4 is 44.6 Å². The summed E-state index contributed by atoms with van der Waals surface area (Å²) in [7, 11) is -3.86. The predicted molar refractivity (Wildman–Crippen MR) is 112 cm³/mol. The molecule has 0 radical (unpaired) electrons. The minimum Gasteiger partial charge on any atom is -0.325 e. The minimum atomic E-state index is -3.86. The van der Waals surface area contributed by atoms with Gasteiger partial charge in [0, 0.05) is 33.0 Å². The molecular weight excluding hydrogens is 426 g/mol. The molecule has 4 rings (SSSR count). The third kappa shape index (κ3) is 3.65. The summed E-state index contributed by atoms with van der Waals surface area (Å²) < 4.78 is 24.8. The number of anilines is 1. The van der Waals surface area contributed by atoms with E-state index in [-0.39, 0.29) is 33.3 Å². The van der Waals surface area contributed by atoms with Crippen LogP contribution in [0, 0.1) is 0 Å². The summed E-state index contributed by atoms with van der Waals surface area (Å²) in [6.07, 6.45) is 0. The second kappa shape index (κ2) is 7.51. The highest BCUT2D eigenvalue weighted by Gasteiger charge is 2.29. The van der Waals surface area contributed by atoms with Gasteiger partial charge in [0.1, 0.15) is 5.75 Å². The highest BCUT2D eigenvalue weighted by atomic mass is 35.5. The Bertz CT molecular complexity index is 1310. The average molecular weight is 440 g/mol. The van der Waals surface area contributed by atoms with Gasteiger partial charge in [-0.05, 0) is 42.5 Å². The van der Waals surface area contributed by atoms with E-state index in [9.17, 15) is 22.8 Å². The molecule has 1 aliphatic rings. The van der Waals surface area contributed by atoms with Gasteiger partial charge >= 0.3 is 0 Å². The first-order valence-electron chi connectivity index (χ1n) is 8.87. The fourth-order valence-electron chi connectivity index (χ4n) is 3.27. The number of hydrogen-bond acceptors (Lipinski definition) is 5. The third-order valence-corrected chi connectivity index (χ3v) is 6.59. The molecule has 8 heteroatoms. The molecular formula is C22H14ClNO5S. The van der Waals surface area contributed by atoms with Crippen molar-refractivity contribution < 1.29 is 22.8 Å². The van der Waals surface area contributed by atoms with Crippen molar-refractivity contribution in [2.45, 2.75) is 4.90 Å². The Labute approximate surface area is 177 Å². The minimum absolute atomic E-state index is 0.0233. The van der Waals surface area contributed by atoms with Gasteiger partial charge in [-0.1, -0.05) is 35.9 Å². The molecule has 0 bridgehead atoms. The number of carbonyl (C=O) groups is 3. The summed E-state index contributed by atoms with van der Waals surface area (Å²) in [6, 6.07) is 16.3. The van der Waals surface area contributed by atoms with Crippen LogP contribution in [-0.4, -0.2) is 31.6 Å². The third-order valence-electron chi connectivity index (χ3n) is 4.70. The van der Waals surface area contributed by atoms with E-state index >= 15 is 0 Å². The molecule has 0 aromatic heterocycles. The number of halogens is 1. The quantitative estimate of drug-likeness (QED) is 0.524. The summed E-state index contributed by atoms with van der Waals surface area (Å²) in [5.41, 5.74) is 1.26. The molecule has 0 saturated carbocycles. The molecule has 150 valence electrons. The zero-order valence-electron chi connectivity index (χ0n) is 15.4. The van der Waals surface area contributed by atoms with Crippen LogP contribution in [0.2, 0.25) is 5.02 Å². The highest BCUT2D eigenvalue weighted by molar-refractivity contribution is 7.92. The largest absolute Gasteiger partial charge is 0.325 e. The van der Waals surface area contributed by atoms with E-state index in [2.05, 4.69) is 5.32 Å². The van der Waals surface area contributed by atoms with Gasteiger partial charge in [-0.2, -0.15) is 0 Å². The lowest BCUT2D eigenvalue weighted by Crippen LogP contribution is -2.24. The maximum atomic E-state index is 12.8. The number of fused-ring (bicyclic) bond motifs is 2. The number of ketones is 2. The van der Waals surface area contributed by atoms with E-state index in [4.69, 9.17) is 11.6 Å². The molecule has 3 aromatic rings. The smallest absolute Gasteiger partial charge is 0.239 e. The van der Waals surface area contributed by atoms with Gasteiger partial charge in [0.2, 0.25) is 5.91 Å². The number of sulfone groups is 1. The number of carbonyl (C=O) groups excluding carboxylic acids is 3. The lowest BCUT2D eigenvalue weighted by molar-refractivity contribution is -0.113. The zero-order valence-corrected chi connectivity index (χ0v) is 17.0. The number of benzene rings is 3. The van der Waals surface area contributed by atoms with E-state index in [1.54, 1.807) is 24.3 Å². The van der Waals surface area contributed by atoms with Gasteiger partial charge < -0.3 is 5.32 Å². The molecule has 0 saturated heterocycles. The Hall–Kier alpha value is -3.29. The maximum Gasteiger partial charge on any atom is 0.239 e. The Kier molecular flexibility index (Phi) is 5.01.